The quantitative estimate of drug-likeness (QED) is 0.0546. The normalized spacial score (nSPS) is 13.5. The Morgan fingerprint density at radius 1 is 0.910 bits per heavy atom. The lowest BCUT2D eigenvalue weighted by Gasteiger charge is -2.32. The molecule has 5 unspecified atom stereocenters. The number of hydrogen-bond acceptors (Lipinski definition) is 10. The zero-order valence-corrected chi connectivity index (χ0v) is 41.1. The lowest BCUT2D eigenvalue weighted by atomic mass is 9.99. The van der Waals surface area contributed by atoms with Crippen LogP contribution in [-0.4, -0.2) is 132 Å². The van der Waals surface area contributed by atoms with Crippen LogP contribution in [0.2, 0.25) is 10.0 Å². The van der Waals surface area contributed by atoms with Gasteiger partial charge in [-0.15, -0.1) is 6.58 Å². The fourth-order valence-corrected chi connectivity index (χ4v) is 7.56. The Kier molecular flexibility index (Phi) is 20.8. The number of ether oxygens (including phenoxy) is 2. The highest BCUT2D eigenvalue weighted by atomic mass is 35.5. The van der Waals surface area contributed by atoms with Crippen molar-refractivity contribution in [3.63, 3.8) is 0 Å². The van der Waals surface area contributed by atoms with Gasteiger partial charge in [-0.05, 0) is 94.9 Å². The van der Waals surface area contributed by atoms with Crippen molar-refractivity contribution in [2.24, 2.45) is 13.0 Å². The largest absolute Gasteiger partial charge is 0.481 e. The zero-order valence-electron chi connectivity index (χ0n) is 39.6. The molecule has 0 spiro atoms. The molecule has 3 aromatic carbocycles. The number of hydrogen-bond donors (Lipinski definition) is 4. The van der Waals surface area contributed by atoms with Gasteiger partial charge in [0.1, 0.15) is 23.4 Å². The minimum atomic E-state index is -1.10. The first-order valence-electron chi connectivity index (χ1n) is 21.9. The van der Waals surface area contributed by atoms with Gasteiger partial charge in [0, 0.05) is 81.0 Å². The predicted octanol–water partition coefficient (Wildman–Crippen LogP) is 5.95. The van der Waals surface area contributed by atoms with Gasteiger partial charge in [-0.2, -0.15) is 0 Å². The summed E-state index contributed by atoms with van der Waals surface area (Å²) in [6.45, 7) is 7.94. The van der Waals surface area contributed by atoms with Crippen molar-refractivity contribution in [2.45, 2.75) is 76.8 Å². The molecule has 0 aliphatic carbocycles. The summed E-state index contributed by atoms with van der Waals surface area (Å²) in [7, 11) is 10.5. The maximum absolute atomic E-state index is 14.2. The van der Waals surface area contributed by atoms with Crippen LogP contribution < -0.4 is 20.7 Å². The molecule has 4 rings (SSSR count). The number of nitrogens with one attached hydrogen (secondary N) is 3. The van der Waals surface area contributed by atoms with Crippen LogP contribution in [0, 0.1) is 5.92 Å². The van der Waals surface area contributed by atoms with E-state index in [4.69, 9.17) is 32.7 Å². The molecule has 18 heteroatoms. The standard InChI is InChI=1S/C49H64Cl2N8O8/c1-10-11-35(23-46(61)62)48(64)57(6)31(2)26-54-45(60)25-39(22-33-12-17-37(50)18-13-33)58(7)49(65)41(30-66-9)55-47(63)32(3)52-27-36-14-19-38(51)24-43(36)67-40-20-15-34(16-21-40)42-28-53-44(59(42)8)29-56(4)5/h10,12-21,24,28,31-32,35,39,41,52H,1,11,22-23,25-27,29-30H2,2-9H3,(H,54,60)(H,55,63)(H,61,62). The monoisotopic (exact) mass is 962 g/mol. The maximum atomic E-state index is 14.2. The van der Waals surface area contributed by atoms with E-state index in [0.717, 1.165) is 28.2 Å². The van der Waals surface area contributed by atoms with Crippen LogP contribution >= 0.6 is 23.2 Å². The van der Waals surface area contributed by atoms with Crippen LogP contribution in [0.15, 0.2) is 85.6 Å². The number of carbonyl (C=O) groups excluding carboxylic acids is 4. The van der Waals surface area contributed by atoms with Gasteiger partial charge >= 0.3 is 5.97 Å². The van der Waals surface area contributed by atoms with E-state index in [-0.39, 0.29) is 57.2 Å². The van der Waals surface area contributed by atoms with E-state index in [0.29, 0.717) is 28.1 Å². The molecule has 67 heavy (non-hydrogen) atoms. The van der Waals surface area contributed by atoms with Gasteiger partial charge < -0.3 is 49.8 Å². The molecule has 16 nitrogen and oxygen atoms in total. The number of amides is 4. The number of halogens is 2. The van der Waals surface area contributed by atoms with Gasteiger partial charge in [0.25, 0.3) is 0 Å². The first-order valence-corrected chi connectivity index (χ1v) is 22.7. The average Bonchev–Trinajstić information content (AvgIpc) is 3.65. The second-order valence-corrected chi connectivity index (χ2v) is 17.8. The van der Waals surface area contributed by atoms with E-state index in [9.17, 15) is 29.1 Å². The first-order chi connectivity index (χ1) is 31.8. The molecule has 1 heterocycles. The fraction of sp³-hybridized carbons (Fsp3) is 0.429. The molecule has 0 radical (unpaired) electrons. The van der Waals surface area contributed by atoms with Gasteiger partial charge in [-0.1, -0.05) is 47.5 Å². The number of imidazole rings is 1. The number of aliphatic carboxylic acids is 1. The highest BCUT2D eigenvalue weighted by Gasteiger charge is 2.32. The molecule has 0 saturated heterocycles. The molecule has 1 aromatic heterocycles. The Morgan fingerprint density at radius 3 is 2.21 bits per heavy atom. The van der Waals surface area contributed by atoms with Crippen molar-refractivity contribution in [3.8, 4) is 22.8 Å². The Labute approximate surface area is 403 Å². The van der Waals surface area contributed by atoms with Crippen LogP contribution in [-0.2, 0) is 55.3 Å². The van der Waals surface area contributed by atoms with Gasteiger partial charge in [-0.25, -0.2) is 4.98 Å². The third-order valence-corrected chi connectivity index (χ3v) is 11.9. The Hall–Kier alpha value is -5.78. The van der Waals surface area contributed by atoms with E-state index in [1.54, 1.807) is 52.2 Å². The van der Waals surface area contributed by atoms with Gasteiger partial charge in [0.05, 0.1) is 43.4 Å². The number of carbonyl (C=O) groups is 5. The van der Waals surface area contributed by atoms with E-state index < -0.39 is 47.9 Å². The highest BCUT2D eigenvalue weighted by molar-refractivity contribution is 6.31. The summed E-state index contributed by atoms with van der Waals surface area (Å²) in [4.78, 5) is 75.4. The number of likely N-dealkylation sites (N-methyl/N-ethyl adjacent to an activating group) is 2. The smallest absolute Gasteiger partial charge is 0.304 e. The molecule has 362 valence electrons. The van der Waals surface area contributed by atoms with Crippen molar-refractivity contribution in [1.82, 2.24) is 40.2 Å². The van der Waals surface area contributed by atoms with E-state index in [2.05, 4.69) is 37.0 Å². The molecule has 0 fully saturated rings. The lowest BCUT2D eigenvalue weighted by molar-refractivity contribution is -0.144. The summed E-state index contributed by atoms with van der Waals surface area (Å²) < 4.78 is 13.8. The molecule has 0 bridgehead atoms. The van der Waals surface area contributed by atoms with Crippen LogP contribution in [0.1, 0.15) is 50.1 Å². The van der Waals surface area contributed by atoms with Gasteiger partial charge in [0.15, 0.2) is 0 Å². The van der Waals surface area contributed by atoms with Crippen molar-refractivity contribution in [1.29, 1.82) is 0 Å². The third kappa shape index (κ3) is 16.2. The number of nitrogens with zero attached hydrogens (tertiary/aromatic N) is 5. The number of allylic oxidation sites excluding steroid dienone is 1. The summed E-state index contributed by atoms with van der Waals surface area (Å²) in [5.41, 5.74) is 3.51. The molecular weight excluding hydrogens is 899 g/mol. The Morgan fingerprint density at radius 2 is 1.58 bits per heavy atom. The number of aromatic nitrogens is 2. The first kappa shape index (κ1) is 53.8. The fourth-order valence-electron chi connectivity index (χ4n) is 7.27. The third-order valence-electron chi connectivity index (χ3n) is 11.4. The summed E-state index contributed by atoms with van der Waals surface area (Å²) in [6, 6.07) is 17.0. The molecule has 0 aliphatic rings. The van der Waals surface area contributed by atoms with E-state index >= 15 is 0 Å². The van der Waals surface area contributed by atoms with Crippen molar-refractivity contribution >= 4 is 52.8 Å². The molecule has 0 saturated carbocycles. The van der Waals surface area contributed by atoms with Gasteiger partial charge in [-0.3, -0.25) is 24.0 Å². The van der Waals surface area contributed by atoms with Crippen LogP contribution in [0.25, 0.3) is 11.3 Å². The topological polar surface area (TPSA) is 188 Å². The second kappa shape index (κ2) is 25.9. The van der Waals surface area contributed by atoms with Crippen molar-refractivity contribution < 1.29 is 38.6 Å². The van der Waals surface area contributed by atoms with E-state index in [1.807, 2.05) is 69.8 Å². The van der Waals surface area contributed by atoms with Crippen molar-refractivity contribution in [2.75, 3.05) is 48.5 Å². The zero-order chi connectivity index (χ0) is 49.4. The minimum absolute atomic E-state index is 0.0787. The molecule has 5 atom stereocenters. The Bertz CT molecular complexity index is 2310. The second-order valence-electron chi connectivity index (χ2n) is 16.9. The molecule has 4 N–H and O–H groups in total. The molecule has 0 aliphatic heterocycles. The number of rotatable bonds is 26. The van der Waals surface area contributed by atoms with Crippen LogP contribution in [0.4, 0.5) is 0 Å². The summed E-state index contributed by atoms with van der Waals surface area (Å²) in [5.74, 6) is -1.53. The summed E-state index contributed by atoms with van der Waals surface area (Å²) >= 11 is 12.6. The molecular formula is C49H64Cl2N8O8. The number of carboxylic acid groups (broad SMARTS) is 1. The average molecular weight is 964 g/mol. The SMILES string of the molecule is C=CCC(CC(=O)O)C(=O)N(C)C(C)CNC(=O)CC(Cc1ccc(Cl)cc1)N(C)C(=O)C(COC)NC(=O)C(C)NCc1ccc(Cl)cc1Oc1ccc(-c2cnc(CN(C)C)n2C)cc1. The van der Waals surface area contributed by atoms with E-state index in [1.165, 1.54) is 23.0 Å². The lowest BCUT2D eigenvalue weighted by Crippen LogP contribution is -2.56. The summed E-state index contributed by atoms with van der Waals surface area (Å²) in [5, 5.41) is 19.2. The predicted molar refractivity (Wildman–Crippen MR) is 260 cm³/mol. The van der Waals surface area contributed by atoms with Gasteiger partial charge in [0.2, 0.25) is 23.6 Å². The molecule has 4 aromatic rings. The van der Waals surface area contributed by atoms with Crippen molar-refractivity contribution in [3.05, 3.63) is 113 Å². The van der Waals surface area contributed by atoms with Crippen LogP contribution in [0.5, 0.6) is 11.5 Å². The number of methoxy groups -OCH3 is 1. The maximum Gasteiger partial charge on any atom is 0.304 e. The molecule has 4 amide bonds. The summed E-state index contributed by atoms with van der Waals surface area (Å²) in [6.07, 6.45) is 3.38. The highest BCUT2D eigenvalue weighted by Crippen LogP contribution is 2.31. The number of benzene rings is 3. The van der Waals surface area contributed by atoms with Crippen LogP contribution in [0.3, 0.4) is 0 Å². The number of carboxylic acids is 1. The Balaban J connectivity index is 1.41. The minimum Gasteiger partial charge on any atom is -0.481 e.